The summed E-state index contributed by atoms with van der Waals surface area (Å²) in [6.07, 6.45) is 5.20. The Morgan fingerprint density at radius 2 is 1.96 bits per heavy atom. The van der Waals surface area contributed by atoms with Gasteiger partial charge in [-0.25, -0.2) is 0 Å². The van der Waals surface area contributed by atoms with Crippen LogP contribution in [0.25, 0.3) is 0 Å². The first-order valence-electron chi connectivity index (χ1n) is 8.25. The van der Waals surface area contributed by atoms with Crippen molar-refractivity contribution in [3.8, 4) is 0 Å². The summed E-state index contributed by atoms with van der Waals surface area (Å²) in [5, 5.41) is 8.08. The highest BCUT2D eigenvalue weighted by Gasteiger charge is 2.32. The van der Waals surface area contributed by atoms with Gasteiger partial charge in [-0.15, -0.1) is 0 Å². The van der Waals surface area contributed by atoms with Gasteiger partial charge in [-0.05, 0) is 37.5 Å². The fraction of sp³-hybridized carbons (Fsp3) is 0.444. The monoisotopic (exact) mass is 347 g/mol. The quantitative estimate of drug-likeness (QED) is 0.918. The second kappa shape index (κ2) is 7.36. The Labute approximate surface area is 147 Å². The Morgan fingerprint density at radius 3 is 2.54 bits per heavy atom. The summed E-state index contributed by atoms with van der Waals surface area (Å²) in [5.74, 6) is -0.0141. The number of ether oxygens (including phenoxy) is 1. The van der Waals surface area contributed by atoms with Gasteiger partial charge in [0.15, 0.2) is 0 Å². The Balaban J connectivity index is 1.83. The molecule has 2 aromatic rings. The summed E-state index contributed by atoms with van der Waals surface area (Å²) in [6.45, 7) is 4.43. The van der Waals surface area contributed by atoms with Gasteiger partial charge in [-0.1, -0.05) is 23.7 Å². The first kappa shape index (κ1) is 17.0. The van der Waals surface area contributed by atoms with E-state index in [0.717, 1.165) is 30.5 Å². The SMILES string of the molecule is CCn1cc([C@@H]2C[C@H](NC(C)=O)C[C@H](c3ccc(Cl)cc3)O2)cn1. The molecule has 2 heterocycles. The number of benzene rings is 1. The third-order valence-corrected chi connectivity index (χ3v) is 4.58. The fourth-order valence-corrected chi connectivity index (χ4v) is 3.28. The van der Waals surface area contributed by atoms with Gasteiger partial charge in [0.05, 0.1) is 18.4 Å². The van der Waals surface area contributed by atoms with Crippen LogP contribution in [0.15, 0.2) is 36.7 Å². The molecule has 1 aromatic carbocycles. The molecule has 0 saturated carbocycles. The van der Waals surface area contributed by atoms with Gasteiger partial charge < -0.3 is 10.1 Å². The van der Waals surface area contributed by atoms with E-state index in [2.05, 4.69) is 17.3 Å². The zero-order valence-corrected chi connectivity index (χ0v) is 14.7. The number of hydrogen-bond donors (Lipinski definition) is 1. The van der Waals surface area contributed by atoms with Crippen LogP contribution in [0.2, 0.25) is 5.02 Å². The largest absolute Gasteiger partial charge is 0.365 e. The Bertz CT molecular complexity index is 699. The third-order valence-electron chi connectivity index (χ3n) is 4.32. The number of amides is 1. The van der Waals surface area contributed by atoms with Crippen LogP contribution < -0.4 is 5.32 Å². The molecule has 128 valence electrons. The van der Waals surface area contributed by atoms with Crippen LogP contribution in [0.3, 0.4) is 0 Å². The molecule has 1 saturated heterocycles. The average molecular weight is 348 g/mol. The van der Waals surface area contributed by atoms with E-state index in [4.69, 9.17) is 16.3 Å². The fourth-order valence-electron chi connectivity index (χ4n) is 3.15. The predicted octanol–water partition coefficient (Wildman–Crippen LogP) is 3.65. The van der Waals surface area contributed by atoms with Gasteiger partial charge in [0.25, 0.3) is 0 Å². The second-order valence-electron chi connectivity index (χ2n) is 6.16. The summed E-state index contributed by atoms with van der Waals surface area (Å²) < 4.78 is 8.21. The lowest BCUT2D eigenvalue weighted by Crippen LogP contribution is -2.39. The molecule has 1 N–H and O–H groups in total. The lowest BCUT2D eigenvalue weighted by molar-refractivity contribution is -0.122. The van der Waals surface area contributed by atoms with E-state index in [1.54, 1.807) is 6.92 Å². The van der Waals surface area contributed by atoms with E-state index < -0.39 is 0 Å². The molecule has 0 bridgehead atoms. The standard InChI is InChI=1S/C18H22ClN3O2/c1-3-22-11-14(10-20-22)18-9-16(21-12(2)23)8-17(24-18)13-4-6-15(19)7-5-13/h4-7,10-11,16-18H,3,8-9H2,1-2H3,(H,21,23)/t16-,17-,18+/m1/s1. The first-order chi connectivity index (χ1) is 11.5. The van der Waals surface area contributed by atoms with Crippen molar-refractivity contribution in [3.63, 3.8) is 0 Å². The van der Waals surface area contributed by atoms with Crippen molar-refractivity contribution >= 4 is 17.5 Å². The van der Waals surface area contributed by atoms with Crippen LogP contribution in [0, 0.1) is 0 Å². The van der Waals surface area contributed by atoms with Gasteiger partial charge in [-0.3, -0.25) is 9.48 Å². The van der Waals surface area contributed by atoms with Crippen LogP contribution in [0.4, 0.5) is 0 Å². The van der Waals surface area contributed by atoms with Crippen LogP contribution in [0.5, 0.6) is 0 Å². The number of halogens is 1. The molecule has 1 aliphatic heterocycles. The second-order valence-corrected chi connectivity index (χ2v) is 6.60. The molecule has 3 atom stereocenters. The Kier molecular flexibility index (Phi) is 5.21. The molecular formula is C18H22ClN3O2. The van der Waals surface area contributed by atoms with E-state index in [1.807, 2.05) is 41.3 Å². The summed E-state index contributed by atoms with van der Waals surface area (Å²) in [6, 6.07) is 7.77. The molecule has 1 amide bonds. The lowest BCUT2D eigenvalue weighted by Gasteiger charge is -2.35. The van der Waals surface area contributed by atoms with Crippen molar-refractivity contribution in [2.45, 2.75) is 51.5 Å². The smallest absolute Gasteiger partial charge is 0.217 e. The maximum Gasteiger partial charge on any atom is 0.217 e. The summed E-state index contributed by atoms with van der Waals surface area (Å²) in [4.78, 5) is 11.5. The highest BCUT2D eigenvalue weighted by Crippen LogP contribution is 2.39. The van der Waals surface area contributed by atoms with Crippen molar-refractivity contribution in [1.82, 2.24) is 15.1 Å². The molecule has 0 spiro atoms. The van der Waals surface area contributed by atoms with E-state index in [9.17, 15) is 4.79 Å². The molecular weight excluding hydrogens is 326 g/mol. The normalized spacial score (nSPS) is 23.9. The zero-order chi connectivity index (χ0) is 17.1. The van der Waals surface area contributed by atoms with Crippen LogP contribution in [0.1, 0.15) is 50.0 Å². The van der Waals surface area contributed by atoms with E-state index >= 15 is 0 Å². The van der Waals surface area contributed by atoms with E-state index in [-0.39, 0.29) is 24.2 Å². The number of aryl methyl sites for hydroxylation is 1. The van der Waals surface area contributed by atoms with Crippen LogP contribution >= 0.6 is 11.6 Å². The van der Waals surface area contributed by atoms with Crippen LogP contribution in [-0.2, 0) is 16.1 Å². The highest BCUT2D eigenvalue weighted by atomic mass is 35.5. The number of aromatic nitrogens is 2. The number of nitrogens with zero attached hydrogens (tertiary/aromatic N) is 2. The predicted molar refractivity (Wildman–Crippen MR) is 92.8 cm³/mol. The minimum atomic E-state index is -0.0865. The van der Waals surface area contributed by atoms with Gasteiger partial charge in [0.2, 0.25) is 5.91 Å². The number of carbonyl (C=O) groups excluding carboxylic acids is 1. The maximum atomic E-state index is 11.5. The van der Waals surface area contributed by atoms with Crippen molar-refractivity contribution in [3.05, 3.63) is 52.8 Å². The molecule has 5 nitrogen and oxygen atoms in total. The minimum Gasteiger partial charge on any atom is -0.365 e. The molecule has 1 aliphatic rings. The third kappa shape index (κ3) is 3.97. The van der Waals surface area contributed by atoms with Gasteiger partial charge in [0, 0.05) is 36.3 Å². The van der Waals surface area contributed by atoms with E-state index in [1.165, 1.54) is 0 Å². The zero-order valence-electron chi connectivity index (χ0n) is 13.9. The van der Waals surface area contributed by atoms with Crippen LogP contribution in [-0.4, -0.2) is 21.7 Å². The van der Waals surface area contributed by atoms with Crippen molar-refractivity contribution in [2.75, 3.05) is 0 Å². The molecule has 1 fully saturated rings. The summed E-state index contributed by atoms with van der Waals surface area (Å²) in [7, 11) is 0. The topological polar surface area (TPSA) is 56.2 Å². The molecule has 3 rings (SSSR count). The van der Waals surface area contributed by atoms with E-state index in [0.29, 0.717) is 5.02 Å². The molecule has 0 aliphatic carbocycles. The van der Waals surface area contributed by atoms with Crippen molar-refractivity contribution < 1.29 is 9.53 Å². The van der Waals surface area contributed by atoms with Gasteiger partial charge in [-0.2, -0.15) is 5.10 Å². The van der Waals surface area contributed by atoms with Gasteiger partial charge in [0.1, 0.15) is 0 Å². The number of rotatable bonds is 4. The number of hydrogen-bond acceptors (Lipinski definition) is 3. The number of nitrogens with one attached hydrogen (secondary N) is 1. The maximum absolute atomic E-state index is 11.5. The van der Waals surface area contributed by atoms with Crippen molar-refractivity contribution in [2.24, 2.45) is 0 Å². The lowest BCUT2D eigenvalue weighted by atomic mass is 9.92. The average Bonchev–Trinajstić information content (AvgIpc) is 3.04. The molecule has 6 heteroatoms. The molecule has 0 unspecified atom stereocenters. The molecule has 1 aromatic heterocycles. The Morgan fingerprint density at radius 1 is 1.29 bits per heavy atom. The van der Waals surface area contributed by atoms with Crippen molar-refractivity contribution in [1.29, 1.82) is 0 Å². The highest BCUT2D eigenvalue weighted by molar-refractivity contribution is 6.30. The Hall–Kier alpha value is -1.85. The summed E-state index contributed by atoms with van der Waals surface area (Å²) >= 11 is 5.98. The molecule has 24 heavy (non-hydrogen) atoms. The molecule has 0 radical (unpaired) electrons. The number of carbonyl (C=O) groups is 1. The van der Waals surface area contributed by atoms with Gasteiger partial charge >= 0.3 is 0 Å². The minimum absolute atomic E-state index is 0.0141. The summed E-state index contributed by atoms with van der Waals surface area (Å²) in [5.41, 5.74) is 2.12. The first-order valence-corrected chi connectivity index (χ1v) is 8.63.